The molecule has 122 valence electrons. The fourth-order valence-electron chi connectivity index (χ4n) is 2.87. The lowest BCUT2D eigenvalue weighted by Crippen LogP contribution is -2.29. The molecular weight excluding hydrogens is 319 g/mol. The second kappa shape index (κ2) is 5.94. The summed E-state index contributed by atoms with van der Waals surface area (Å²) in [6.07, 6.45) is 1.63. The van der Waals surface area contributed by atoms with Crippen molar-refractivity contribution in [3.8, 4) is 11.3 Å². The van der Waals surface area contributed by atoms with E-state index in [1.807, 2.05) is 6.07 Å². The van der Waals surface area contributed by atoms with Crippen molar-refractivity contribution in [1.29, 1.82) is 0 Å². The Morgan fingerprint density at radius 3 is 2.04 bits per heavy atom. The van der Waals surface area contributed by atoms with Crippen LogP contribution in [0.1, 0.15) is 26.3 Å². The van der Waals surface area contributed by atoms with Gasteiger partial charge in [0.05, 0.1) is 23.4 Å². The van der Waals surface area contributed by atoms with Crippen LogP contribution in [0.3, 0.4) is 0 Å². The summed E-state index contributed by atoms with van der Waals surface area (Å²) in [5.74, 6) is -0.877. The van der Waals surface area contributed by atoms with Gasteiger partial charge in [-0.1, -0.05) is 18.2 Å². The molecule has 0 saturated carbocycles. The molecular formula is C20H13FN2O2. The van der Waals surface area contributed by atoms with Gasteiger partial charge in [0.1, 0.15) is 5.82 Å². The van der Waals surface area contributed by atoms with Crippen LogP contribution in [-0.2, 0) is 6.54 Å². The van der Waals surface area contributed by atoms with Crippen molar-refractivity contribution in [2.45, 2.75) is 6.54 Å². The molecule has 4 rings (SSSR count). The van der Waals surface area contributed by atoms with E-state index in [9.17, 15) is 14.0 Å². The van der Waals surface area contributed by atoms with E-state index < -0.39 is 0 Å². The molecule has 1 aliphatic heterocycles. The zero-order valence-electron chi connectivity index (χ0n) is 13.1. The first-order valence-electron chi connectivity index (χ1n) is 7.79. The van der Waals surface area contributed by atoms with Crippen LogP contribution >= 0.6 is 0 Å². The number of aromatic nitrogens is 1. The SMILES string of the molecule is O=C1c2ccccc2C(=O)N1Cc1ccc(-c2ccc(F)cc2)nc1. The van der Waals surface area contributed by atoms with Gasteiger partial charge in [-0.15, -0.1) is 0 Å². The number of rotatable bonds is 3. The van der Waals surface area contributed by atoms with E-state index in [1.165, 1.54) is 17.0 Å². The first kappa shape index (κ1) is 15.2. The molecule has 0 aliphatic carbocycles. The number of carbonyl (C=O) groups is 2. The highest BCUT2D eigenvalue weighted by Gasteiger charge is 2.34. The van der Waals surface area contributed by atoms with Crippen LogP contribution in [-0.4, -0.2) is 21.7 Å². The van der Waals surface area contributed by atoms with Crippen molar-refractivity contribution in [3.05, 3.63) is 89.4 Å². The third-order valence-corrected chi connectivity index (χ3v) is 4.18. The van der Waals surface area contributed by atoms with Crippen LogP contribution in [0, 0.1) is 5.82 Å². The predicted octanol–water partition coefficient (Wildman–Crippen LogP) is 3.68. The number of nitrogens with zero attached hydrogens (tertiary/aromatic N) is 2. The minimum atomic E-state index is -0.300. The lowest BCUT2D eigenvalue weighted by Gasteiger charge is -2.13. The molecule has 1 aliphatic rings. The van der Waals surface area contributed by atoms with Gasteiger partial charge in [0.25, 0.3) is 11.8 Å². The Balaban J connectivity index is 1.55. The molecule has 0 unspecified atom stereocenters. The molecule has 2 heterocycles. The van der Waals surface area contributed by atoms with Gasteiger partial charge in [-0.3, -0.25) is 19.5 Å². The van der Waals surface area contributed by atoms with Crippen LogP contribution in [0.2, 0.25) is 0 Å². The molecule has 25 heavy (non-hydrogen) atoms. The number of hydrogen-bond donors (Lipinski definition) is 0. The van der Waals surface area contributed by atoms with E-state index in [0.717, 1.165) is 11.1 Å². The van der Waals surface area contributed by atoms with E-state index in [-0.39, 0.29) is 24.2 Å². The summed E-state index contributed by atoms with van der Waals surface area (Å²) in [6, 6.07) is 16.5. The quantitative estimate of drug-likeness (QED) is 0.688. The number of pyridine rings is 1. The molecule has 0 radical (unpaired) electrons. The maximum atomic E-state index is 13.0. The first-order chi connectivity index (χ1) is 12.1. The van der Waals surface area contributed by atoms with Crippen LogP contribution in [0.5, 0.6) is 0 Å². The van der Waals surface area contributed by atoms with E-state index >= 15 is 0 Å². The third-order valence-electron chi connectivity index (χ3n) is 4.18. The third kappa shape index (κ3) is 2.70. The van der Waals surface area contributed by atoms with Gasteiger partial charge in [-0.05, 0) is 48.0 Å². The minimum Gasteiger partial charge on any atom is -0.270 e. The Morgan fingerprint density at radius 1 is 0.840 bits per heavy atom. The number of halogens is 1. The van der Waals surface area contributed by atoms with Crippen molar-refractivity contribution in [3.63, 3.8) is 0 Å². The zero-order valence-corrected chi connectivity index (χ0v) is 13.1. The van der Waals surface area contributed by atoms with Gasteiger partial charge in [0.15, 0.2) is 0 Å². The molecule has 0 atom stereocenters. The lowest BCUT2D eigenvalue weighted by molar-refractivity contribution is 0.0642. The van der Waals surface area contributed by atoms with Crippen LogP contribution in [0.15, 0.2) is 66.9 Å². The standard InChI is InChI=1S/C20H13FN2O2/c21-15-8-6-14(7-9-15)18-10-5-13(11-22-18)12-23-19(24)16-3-1-2-4-17(16)20(23)25/h1-11H,12H2. The minimum absolute atomic E-state index is 0.170. The van der Waals surface area contributed by atoms with Gasteiger partial charge < -0.3 is 0 Å². The highest BCUT2D eigenvalue weighted by atomic mass is 19.1. The first-order valence-corrected chi connectivity index (χ1v) is 7.79. The van der Waals surface area contributed by atoms with Gasteiger partial charge in [0, 0.05) is 11.8 Å². The molecule has 0 N–H and O–H groups in total. The molecule has 2 aromatic carbocycles. The molecule has 0 spiro atoms. The Labute approximate surface area is 143 Å². The summed E-state index contributed by atoms with van der Waals surface area (Å²) in [5, 5.41) is 0. The Morgan fingerprint density at radius 2 is 1.48 bits per heavy atom. The summed E-state index contributed by atoms with van der Waals surface area (Å²) in [6.45, 7) is 0.170. The summed E-state index contributed by atoms with van der Waals surface area (Å²) in [7, 11) is 0. The van der Waals surface area contributed by atoms with Crippen molar-refractivity contribution < 1.29 is 14.0 Å². The van der Waals surface area contributed by atoms with Crippen LogP contribution in [0.4, 0.5) is 4.39 Å². The molecule has 2 amide bonds. The summed E-state index contributed by atoms with van der Waals surface area (Å²) >= 11 is 0. The molecule has 0 fully saturated rings. The summed E-state index contributed by atoms with van der Waals surface area (Å²) in [5.41, 5.74) is 3.12. The van der Waals surface area contributed by atoms with Crippen molar-refractivity contribution in [2.24, 2.45) is 0 Å². The van der Waals surface area contributed by atoms with Gasteiger partial charge in [0.2, 0.25) is 0 Å². The molecule has 4 nitrogen and oxygen atoms in total. The monoisotopic (exact) mass is 332 g/mol. The summed E-state index contributed by atoms with van der Waals surface area (Å²) in [4.78, 5) is 30.3. The van der Waals surface area contributed by atoms with Crippen LogP contribution in [0.25, 0.3) is 11.3 Å². The second-order valence-corrected chi connectivity index (χ2v) is 5.80. The molecule has 3 aromatic rings. The van der Waals surface area contributed by atoms with E-state index in [0.29, 0.717) is 16.8 Å². The normalized spacial score (nSPS) is 13.2. The maximum Gasteiger partial charge on any atom is 0.261 e. The lowest BCUT2D eigenvalue weighted by atomic mass is 10.1. The zero-order chi connectivity index (χ0) is 17.4. The average Bonchev–Trinajstić information content (AvgIpc) is 2.88. The van der Waals surface area contributed by atoms with Crippen molar-refractivity contribution >= 4 is 11.8 Å². The van der Waals surface area contributed by atoms with E-state index in [1.54, 1.807) is 48.7 Å². The molecule has 5 heteroatoms. The highest BCUT2D eigenvalue weighted by Crippen LogP contribution is 2.24. The van der Waals surface area contributed by atoms with Gasteiger partial charge in [-0.25, -0.2) is 4.39 Å². The molecule has 0 bridgehead atoms. The van der Waals surface area contributed by atoms with Crippen molar-refractivity contribution in [2.75, 3.05) is 0 Å². The average molecular weight is 332 g/mol. The smallest absolute Gasteiger partial charge is 0.261 e. The fourth-order valence-corrected chi connectivity index (χ4v) is 2.87. The summed E-state index contributed by atoms with van der Waals surface area (Å²) < 4.78 is 13.0. The number of fused-ring (bicyclic) bond motifs is 1. The molecule has 0 saturated heterocycles. The van der Waals surface area contributed by atoms with Gasteiger partial charge >= 0.3 is 0 Å². The fraction of sp³-hybridized carbons (Fsp3) is 0.0500. The molecule has 1 aromatic heterocycles. The number of hydrogen-bond acceptors (Lipinski definition) is 3. The maximum absolute atomic E-state index is 13.0. The Kier molecular flexibility index (Phi) is 3.61. The largest absolute Gasteiger partial charge is 0.270 e. The number of imide groups is 1. The number of carbonyl (C=O) groups excluding carboxylic acids is 2. The highest BCUT2D eigenvalue weighted by molar-refractivity contribution is 6.21. The van der Waals surface area contributed by atoms with E-state index in [2.05, 4.69) is 4.98 Å². The Bertz CT molecular complexity index is 931. The van der Waals surface area contributed by atoms with Crippen LogP contribution < -0.4 is 0 Å². The number of amides is 2. The van der Waals surface area contributed by atoms with Gasteiger partial charge in [-0.2, -0.15) is 0 Å². The predicted molar refractivity (Wildman–Crippen MR) is 90.3 cm³/mol. The number of benzene rings is 2. The van der Waals surface area contributed by atoms with E-state index in [4.69, 9.17) is 0 Å². The topological polar surface area (TPSA) is 50.3 Å². The van der Waals surface area contributed by atoms with Crippen molar-refractivity contribution in [1.82, 2.24) is 9.88 Å². The Hall–Kier alpha value is -3.34. The second-order valence-electron chi connectivity index (χ2n) is 5.80.